The molecule has 8 nitrogen and oxygen atoms in total. The average Bonchev–Trinajstić information content (AvgIpc) is 2.76. The van der Waals surface area contributed by atoms with Crippen molar-refractivity contribution in [2.24, 2.45) is 0 Å². The zero-order valence-corrected chi connectivity index (χ0v) is 17.1. The van der Waals surface area contributed by atoms with E-state index in [-0.39, 0.29) is 11.3 Å². The minimum atomic E-state index is -0.663. The van der Waals surface area contributed by atoms with E-state index in [1.54, 1.807) is 12.1 Å². The lowest BCUT2D eigenvalue weighted by molar-refractivity contribution is -0.384. The summed E-state index contributed by atoms with van der Waals surface area (Å²) < 4.78 is 0. The first-order valence-corrected chi connectivity index (χ1v) is 9.73. The van der Waals surface area contributed by atoms with Gasteiger partial charge in [0.05, 0.1) is 10.5 Å². The predicted molar refractivity (Wildman–Crippen MR) is 116 cm³/mol. The number of nitrogens with zero attached hydrogens (tertiary/aromatic N) is 2. The van der Waals surface area contributed by atoms with Gasteiger partial charge in [-0.05, 0) is 42.8 Å². The molecule has 1 atom stereocenters. The molecule has 3 aromatic carbocycles. The van der Waals surface area contributed by atoms with E-state index in [2.05, 4.69) is 10.7 Å². The summed E-state index contributed by atoms with van der Waals surface area (Å²) in [6, 6.07) is 17.6. The molecule has 1 unspecified atom stereocenters. The standard InChI is InChI=1S/C22H17ClN4O4/c1-13-2-4-14(5-3-13)20-24-19-11-8-16(23)12-18(19)22(29)26(20)25-21(28)15-6-9-17(10-7-15)27(30)31/h2-12,20,24H,1H3,(H,25,28). The van der Waals surface area contributed by atoms with E-state index in [9.17, 15) is 19.7 Å². The molecule has 156 valence electrons. The number of fused-ring (bicyclic) bond motifs is 1. The molecule has 9 heteroatoms. The van der Waals surface area contributed by atoms with Crippen LogP contribution in [0.25, 0.3) is 0 Å². The Morgan fingerprint density at radius 1 is 1.10 bits per heavy atom. The van der Waals surface area contributed by atoms with Crippen molar-refractivity contribution in [1.29, 1.82) is 0 Å². The largest absolute Gasteiger partial charge is 0.359 e. The number of amides is 2. The van der Waals surface area contributed by atoms with E-state index in [1.165, 1.54) is 35.3 Å². The van der Waals surface area contributed by atoms with Gasteiger partial charge in [-0.1, -0.05) is 41.4 Å². The predicted octanol–water partition coefficient (Wildman–Crippen LogP) is 4.47. The van der Waals surface area contributed by atoms with Gasteiger partial charge in [0.15, 0.2) is 0 Å². The summed E-state index contributed by atoms with van der Waals surface area (Å²) in [5, 5.41) is 15.7. The molecule has 0 aliphatic carbocycles. The number of benzene rings is 3. The molecule has 1 aliphatic rings. The molecule has 0 radical (unpaired) electrons. The molecule has 4 rings (SSSR count). The lowest BCUT2D eigenvalue weighted by Gasteiger charge is -2.37. The highest BCUT2D eigenvalue weighted by molar-refractivity contribution is 6.31. The van der Waals surface area contributed by atoms with E-state index >= 15 is 0 Å². The van der Waals surface area contributed by atoms with Crippen LogP contribution in [0.4, 0.5) is 11.4 Å². The van der Waals surface area contributed by atoms with Crippen LogP contribution >= 0.6 is 11.6 Å². The maximum atomic E-state index is 13.3. The van der Waals surface area contributed by atoms with Crippen molar-refractivity contribution in [2.75, 3.05) is 5.32 Å². The van der Waals surface area contributed by atoms with Crippen LogP contribution in [-0.2, 0) is 0 Å². The number of rotatable bonds is 4. The number of anilines is 1. The van der Waals surface area contributed by atoms with Crippen LogP contribution in [-0.4, -0.2) is 21.7 Å². The van der Waals surface area contributed by atoms with Crippen molar-refractivity contribution >= 4 is 34.8 Å². The third kappa shape index (κ3) is 4.06. The van der Waals surface area contributed by atoms with Gasteiger partial charge in [0.25, 0.3) is 17.5 Å². The molecule has 31 heavy (non-hydrogen) atoms. The second kappa shape index (κ2) is 8.08. The third-order valence-electron chi connectivity index (χ3n) is 4.94. The molecule has 0 spiro atoms. The summed E-state index contributed by atoms with van der Waals surface area (Å²) in [4.78, 5) is 36.4. The highest BCUT2D eigenvalue weighted by Crippen LogP contribution is 2.33. The van der Waals surface area contributed by atoms with Crippen molar-refractivity contribution in [3.63, 3.8) is 0 Å². The fourth-order valence-electron chi connectivity index (χ4n) is 3.28. The van der Waals surface area contributed by atoms with Crippen molar-refractivity contribution in [2.45, 2.75) is 13.1 Å². The molecule has 1 aliphatic heterocycles. The zero-order valence-electron chi connectivity index (χ0n) is 16.3. The number of nitro groups is 1. The van der Waals surface area contributed by atoms with Gasteiger partial charge in [-0.2, -0.15) is 0 Å². The van der Waals surface area contributed by atoms with Crippen LogP contribution in [0.15, 0.2) is 66.7 Å². The van der Waals surface area contributed by atoms with Gasteiger partial charge in [0.2, 0.25) is 0 Å². The van der Waals surface area contributed by atoms with E-state index < -0.39 is 22.9 Å². The molecule has 2 amide bonds. The quantitative estimate of drug-likeness (QED) is 0.464. The molecule has 3 aromatic rings. The molecule has 1 heterocycles. The molecular formula is C22H17ClN4O4. The number of hydrogen-bond donors (Lipinski definition) is 2. The highest BCUT2D eigenvalue weighted by atomic mass is 35.5. The normalized spacial score (nSPS) is 15.1. The Labute approximate surface area is 182 Å². The summed E-state index contributed by atoms with van der Waals surface area (Å²) in [6.45, 7) is 1.95. The Balaban J connectivity index is 1.69. The van der Waals surface area contributed by atoms with Crippen molar-refractivity contribution in [1.82, 2.24) is 10.4 Å². The number of non-ortho nitro benzene ring substituents is 1. The minimum absolute atomic E-state index is 0.131. The lowest BCUT2D eigenvalue weighted by atomic mass is 10.0. The number of carbonyl (C=O) groups excluding carboxylic acids is 2. The summed E-state index contributed by atoms with van der Waals surface area (Å²) in [7, 11) is 0. The van der Waals surface area contributed by atoms with Gasteiger partial charge in [0, 0.05) is 28.4 Å². The Hall–Kier alpha value is -3.91. The average molecular weight is 437 g/mol. The van der Waals surface area contributed by atoms with E-state index in [0.717, 1.165) is 11.1 Å². The van der Waals surface area contributed by atoms with Crippen LogP contribution in [0.3, 0.4) is 0 Å². The number of nitrogens with one attached hydrogen (secondary N) is 2. The van der Waals surface area contributed by atoms with Crippen LogP contribution in [0.1, 0.15) is 38.0 Å². The van der Waals surface area contributed by atoms with Crippen molar-refractivity contribution in [3.05, 3.63) is 104 Å². The van der Waals surface area contributed by atoms with Crippen LogP contribution in [0, 0.1) is 17.0 Å². The maximum Gasteiger partial charge on any atom is 0.276 e. The van der Waals surface area contributed by atoms with Gasteiger partial charge in [-0.25, -0.2) is 5.01 Å². The molecular weight excluding hydrogens is 420 g/mol. The first kappa shape index (κ1) is 20.4. The second-order valence-corrected chi connectivity index (χ2v) is 7.50. The molecule has 2 N–H and O–H groups in total. The van der Waals surface area contributed by atoms with E-state index in [0.29, 0.717) is 16.3 Å². The van der Waals surface area contributed by atoms with Crippen LogP contribution < -0.4 is 10.7 Å². The van der Waals surface area contributed by atoms with Gasteiger partial charge in [-0.3, -0.25) is 25.1 Å². The van der Waals surface area contributed by atoms with E-state index in [1.807, 2.05) is 31.2 Å². The summed E-state index contributed by atoms with van der Waals surface area (Å²) in [5.41, 5.74) is 5.41. The Morgan fingerprint density at radius 3 is 2.42 bits per heavy atom. The number of halogens is 1. The smallest absolute Gasteiger partial charge is 0.276 e. The first-order chi connectivity index (χ1) is 14.8. The summed E-state index contributed by atoms with van der Waals surface area (Å²) >= 11 is 6.06. The number of hydrogen-bond acceptors (Lipinski definition) is 5. The minimum Gasteiger partial charge on any atom is -0.359 e. The number of hydrazine groups is 1. The number of aryl methyl sites for hydroxylation is 1. The van der Waals surface area contributed by atoms with E-state index in [4.69, 9.17) is 11.6 Å². The van der Waals surface area contributed by atoms with Crippen LogP contribution in [0.2, 0.25) is 5.02 Å². The van der Waals surface area contributed by atoms with Crippen molar-refractivity contribution < 1.29 is 14.5 Å². The fourth-order valence-corrected chi connectivity index (χ4v) is 3.46. The van der Waals surface area contributed by atoms with Crippen LogP contribution in [0.5, 0.6) is 0 Å². The number of nitro benzene ring substituents is 1. The molecule has 0 bridgehead atoms. The maximum absolute atomic E-state index is 13.3. The molecule has 0 aromatic heterocycles. The second-order valence-electron chi connectivity index (χ2n) is 7.07. The SMILES string of the molecule is Cc1ccc(C2Nc3ccc(Cl)cc3C(=O)N2NC(=O)c2ccc([N+](=O)[O-])cc2)cc1. The third-order valence-corrected chi connectivity index (χ3v) is 5.17. The zero-order chi connectivity index (χ0) is 22.1. The number of carbonyl (C=O) groups is 2. The van der Waals surface area contributed by atoms with Gasteiger partial charge in [0.1, 0.15) is 6.17 Å². The van der Waals surface area contributed by atoms with Crippen molar-refractivity contribution in [3.8, 4) is 0 Å². The molecule has 0 fully saturated rings. The fraction of sp³-hybridized carbons (Fsp3) is 0.0909. The van der Waals surface area contributed by atoms with Gasteiger partial charge < -0.3 is 5.32 Å². The molecule has 0 saturated carbocycles. The highest BCUT2D eigenvalue weighted by Gasteiger charge is 2.34. The topological polar surface area (TPSA) is 105 Å². The lowest BCUT2D eigenvalue weighted by Crippen LogP contribution is -2.52. The molecule has 0 saturated heterocycles. The Bertz CT molecular complexity index is 1180. The van der Waals surface area contributed by atoms with Gasteiger partial charge in [-0.15, -0.1) is 0 Å². The summed E-state index contributed by atoms with van der Waals surface area (Å²) in [5.74, 6) is -1.01. The summed E-state index contributed by atoms with van der Waals surface area (Å²) in [6.07, 6.45) is -0.663. The van der Waals surface area contributed by atoms with Gasteiger partial charge >= 0.3 is 0 Å². The monoisotopic (exact) mass is 436 g/mol. The Morgan fingerprint density at radius 2 is 1.77 bits per heavy atom. The first-order valence-electron chi connectivity index (χ1n) is 9.35. The Kier molecular flexibility index (Phi) is 5.31.